The zero-order valence-electron chi connectivity index (χ0n) is 15.7. The molecule has 0 aliphatic heterocycles. The van der Waals surface area contributed by atoms with Gasteiger partial charge in [-0.3, -0.25) is 0 Å². The number of hydrogen-bond donors (Lipinski definition) is 1. The average Bonchev–Trinajstić information content (AvgIpc) is 3.12. The highest BCUT2D eigenvalue weighted by Crippen LogP contribution is 2.48. The van der Waals surface area contributed by atoms with Gasteiger partial charge in [0, 0.05) is 5.69 Å². The molecule has 0 radical (unpaired) electrons. The SMILES string of the molecule is COc1ccc(Nc2nc3c(o2)C=CCC3(CC(F)(F)F)c2ccccc2)cc1. The van der Waals surface area contributed by atoms with Crippen LogP contribution in [-0.2, 0) is 5.41 Å². The van der Waals surface area contributed by atoms with Crippen molar-refractivity contribution in [3.8, 4) is 5.75 Å². The van der Waals surface area contributed by atoms with Gasteiger partial charge in [-0.25, -0.2) is 0 Å². The van der Waals surface area contributed by atoms with E-state index in [0.29, 0.717) is 28.5 Å². The molecule has 0 spiro atoms. The summed E-state index contributed by atoms with van der Waals surface area (Å²) in [5.74, 6) is 1.03. The minimum atomic E-state index is -4.36. The number of benzene rings is 2. The van der Waals surface area contributed by atoms with E-state index in [-0.39, 0.29) is 12.4 Å². The number of methoxy groups -OCH3 is 1. The maximum Gasteiger partial charge on any atom is 0.390 e. The molecule has 1 heterocycles. The second kappa shape index (κ2) is 7.31. The second-order valence-electron chi connectivity index (χ2n) is 6.93. The van der Waals surface area contributed by atoms with Crippen molar-refractivity contribution in [1.29, 1.82) is 0 Å². The molecule has 0 fully saturated rings. The molecule has 2 aromatic carbocycles. The number of aromatic nitrogens is 1. The van der Waals surface area contributed by atoms with Crippen LogP contribution in [0.2, 0.25) is 0 Å². The number of allylic oxidation sites excluding steroid dienone is 1. The largest absolute Gasteiger partial charge is 0.497 e. The topological polar surface area (TPSA) is 47.3 Å². The maximum atomic E-state index is 13.6. The number of halogens is 3. The lowest BCUT2D eigenvalue weighted by molar-refractivity contribution is -0.145. The number of ether oxygens (including phenoxy) is 1. The van der Waals surface area contributed by atoms with Crippen molar-refractivity contribution in [3.63, 3.8) is 0 Å². The quantitative estimate of drug-likeness (QED) is 0.564. The molecular formula is C22H19F3N2O2. The Labute approximate surface area is 166 Å². The fourth-order valence-corrected chi connectivity index (χ4v) is 3.71. The zero-order chi connectivity index (χ0) is 20.5. The standard InChI is InChI=1S/C22H19F3N2O2/c1-28-17-11-9-16(10-12-17)26-20-27-19-18(29-20)8-5-13-21(19,14-22(23,24)25)15-6-3-2-4-7-15/h2-12H,13-14H2,1H3,(H,26,27). The second-order valence-corrected chi connectivity index (χ2v) is 6.93. The Bertz CT molecular complexity index is 1010. The Morgan fingerprint density at radius 2 is 1.83 bits per heavy atom. The van der Waals surface area contributed by atoms with E-state index >= 15 is 0 Å². The lowest BCUT2D eigenvalue weighted by atomic mass is 9.69. The summed E-state index contributed by atoms with van der Waals surface area (Å²) in [6.45, 7) is 0. The lowest BCUT2D eigenvalue weighted by Crippen LogP contribution is -2.35. The van der Waals surface area contributed by atoms with Crippen LogP contribution >= 0.6 is 0 Å². The van der Waals surface area contributed by atoms with E-state index in [2.05, 4.69) is 10.3 Å². The van der Waals surface area contributed by atoms with Crippen LogP contribution in [0.1, 0.15) is 29.9 Å². The van der Waals surface area contributed by atoms with Crippen molar-refractivity contribution in [2.24, 2.45) is 0 Å². The van der Waals surface area contributed by atoms with Crippen LogP contribution < -0.4 is 10.1 Å². The molecule has 29 heavy (non-hydrogen) atoms. The minimum absolute atomic E-state index is 0.147. The third kappa shape index (κ3) is 3.85. The highest BCUT2D eigenvalue weighted by Gasteiger charge is 2.48. The van der Waals surface area contributed by atoms with E-state index in [1.54, 1.807) is 73.9 Å². The van der Waals surface area contributed by atoms with Gasteiger partial charge in [-0.15, -0.1) is 0 Å². The number of rotatable bonds is 5. The summed E-state index contributed by atoms with van der Waals surface area (Å²) in [5, 5.41) is 3.02. The summed E-state index contributed by atoms with van der Waals surface area (Å²) < 4.78 is 51.6. The molecule has 1 N–H and O–H groups in total. The summed E-state index contributed by atoms with van der Waals surface area (Å²) in [4.78, 5) is 4.44. The fraction of sp³-hybridized carbons (Fsp3) is 0.227. The first-order valence-electron chi connectivity index (χ1n) is 9.11. The molecular weight excluding hydrogens is 381 g/mol. The number of nitrogens with zero attached hydrogens (tertiary/aromatic N) is 1. The molecule has 0 saturated carbocycles. The van der Waals surface area contributed by atoms with Gasteiger partial charge in [-0.1, -0.05) is 36.4 Å². The van der Waals surface area contributed by atoms with Crippen LogP contribution in [0.25, 0.3) is 6.08 Å². The van der Waals surface area contributed by atoms with Gasteiger partial charge >= 0.3 is 6.18 Å². The molecule has 1 aliphatic rings. The molecule has 1 atom stereocenters. The van der Waals surface area contributed by atoms with Crippen molar-refractivity contribution < 1.29 is 22.3 Å². The predicted octanol–water partition coefficient (Wildman–Crippen LogP) is 6.08. The van der Waals surface area contributed by atoms with Crippen LogP contribution in [0, 0.1) is 0 Å². The van der Waals surface area contributed by atoms with E-state index in [0.717, 1.165) is 0 Å². The molecule has 7 heteroatoms. The van der Waals surface area contributed by atoms with Gasteiger partial charge in [-0.05, 0) is 42.3 Å². The normalized spacial score (nSPS) is 18.3. The summed E-state index contributed by atoms with van der Waals surface area (Å²) in [6.07, 6.45) is -1.79. The number of fused-ring (bicyclic) bond motifs is 1. The van der Waals surface area contributed by atoms with Crippen LogP contribution in [0.5, 0.6) is 5.75 Å². The van der Waals surface area contributed by atoms with Crippen molar-refractivity contribution in [3.05, 3.63) is 77.7 Å². The van der Waals surface area contributed by atoms with Gasteiger partial charge in [-0.2, -0.15) is 18.2 Å². The predicted molar refractivity (Wildman–Crippen MR) is 104 cm³/mol. The van der Waals surface area contributed by atoms with E-state index < -0.39 is 18.0 Å². The number of anilines is 2. The molecule has 1 aliphatic carbocycles. The Morgan fingerprint density at radius 1 is 1.10 bits per heavy atom. The van der Waals surface area contributed by atoms with Crippen molar-refractivity contribution in [2.45, 2.75) is 24.4 Å². The third-order valence-corrected chi connectivity index (χ3v) is 5.01. The third-order valence-electron chi connectivity index (χ3n) is 5.01. The number of oxazole rings is 1. The first kappa shape index (κ1) is 19.1. The van der Waals surface area contributed by atoms with Crippen LogP contribution in [0.3, 0.4) is 0 Å². The van der Waals surface area contributed by atoms with Gasteiger partial charge in [0.15, 0.2) is 5.76 Å². The van der Waals surface area contributed by atoms with E-state index in [1.807, 2.05) is 0 Å². The Kier molecular flexibility index (Phi) is 4.82. The summed E-state index contributed by atoms with van der Waals surface area (Å²) in [7, 11) is 1.57. The van der Waals surface area contributed by atoms with Crippen LogP contribution in [0.4, 0.5) is 24.9 Å². The van der Waals surface area contributed by atoms with Crippen molar-refractivity contribution in [2.75, 3.05) is 12.4 Å². The lowest BCUT2D eigenvalue weighted by Gasteiger charge is -2.34. The van der Waals surface area contributed by atoms with Gasteiger partial charge in [0.2, 0.25) is 0 Å². The van der Waals surface area contributed by atoms with Gasteiger partial charge < -0.3 is 14.5 Å². The molecule has 0 saturated heterocycles. The van der Waals surface area contributed by atoms with E-state index in [4.69, 9.17) is 9.15 Å². The van der Waals surface area contributed by atoms with Crippen molar-refractivity contribution >= 4 is 17.8 Å². The Hall–Kier alpha value is -3.22. The molecule has 1 aromatic heterocycles. The van der Waals surface area contributed by atoms with Gasteiger partial charge in [0.1, 0.15) is 5.75 Å². The molecule has 150 valence electrons. The summed E-state index contributed by atoms with van der Waals surface area (Å²) >= 11 is 0. The van der Waals surface area contributed by atoms with Gasteiger partial charge in [0.05, 0.1) is 24.6 Å². The average molecular weight is 400 g/mol. The fourth-order valence-electron chi connectivity index (χ4n) is 3.71. The maximum absolute atomic E-state index is 13.6. The highest BCUT2D eigenvalue weighted by atomic mass is 19.4. The number of alkyl halides is 3. The van der Waals surface area contributed by atoms with Crippen LogP contribution in [-0.4, -0.2) is 18.3 Å². The molecule has 4 nitrogen and oxygen atoms in total. The molecule has 4 rings (SSSR count). The van der Waals surface area contributed by atoms with E-state index in [1.165, 1.54) is 0 Å². The monoisotopic (exact) mass is 400 g/mol. The Balaban J connectivity index is 1.74. The highest BCUT2D eigenvalue weighted by molar-refractivity contribution is 5.60. The first-order chi connectivity index (χ1) is 13.9. The number of hydrogen-bond acceptors (Lipinski definition) is 4. The zero-order valence-corrected chi connectivity index (χ0v) is 15.7. The summed E-state index contributed by atoms with van der Waals surface area (Å²) in [5.41, 5.74) is 0.216. The molecule has 0 amide bonds. The van der Waals surface area contributed by atoms with E-state index in [9.17, 15) is 13.2 Å². The first-order valence-corrected chi connectivity index (χ1v) is 9.11. The molecule has 3 aromatic rings. The Morgan fingerprint density at radius 3 is 2.48 bits per heavy atom. The van der Waals surface area contributed by atoms with Gasteiger partial charge in [0.25, 0.3) is 6.01 Å². The minimum Gasteiger partial charge on any atom is -0.497 e. The summed E-state index contributed by atoms with van der Waals surface area (Å²) in [6, 6.07) is 15.9. The van der Waals surface area contributed by atoms with Crippen LogP contribution in [0.15, 0.2) is 65.1 Å². The smallest absolute Gasteiger partial charge is 0.390 e. The number of nitrogens with one attached hydrogen (secondary N) is 1. The van der Waals surface area contributed by atoms with Crippen molar-refractivity contribution in [1.82, 2.24) is 4.98 Å². The molecule has 0 bridgehead atoms. The molecule has 1 unspecified atom stereocenters.